The second kappa shape index (κ2) is 5.45. The number of aromatic nitrogens is 1. The van der Waals surface area contributed by atoms with E-state index in [0.29, 0.717) is 16.5 Å². The summed E-state index contributed by atoms with van der Waals surface area (Å²) in [5, 5.41) is 0.550. The lowest BCUT2D eigenvalue weighted by atomic mass is 9.94. The first-order chi connectivity index (χ1) is 8.49. The van der Waals surface area contributed by atoms with E-state index in [1.807, 2.05) is 4.90 Å². The molecule has 0 aliphatic carbocycles. The van der Waals surface area contributed by atoms with Gasteiger partial charge in [-0.05, 0) is 31.7 Å². The van der Waals surface area contributed by atoms with Crippen LogP contribution in [-0.4, -0.2) is 28.4 Å². The van der Waals surface area contributed by atoms with Crippen LogP contribution in [-0.2, 0) is 0 Å². The average Bonchev–Trinajstić information content (AvgIpc) is 2.35. The standard InChI is InChI=1S/C13H16Cl2N2O/c1-8-3-4-9(2)17(7-8)13(18)10-5-11(14)12(15)16-6-10/h5-6,8-9H,3-4,7H2,1-2H3. The fourth-order valence-corrected chi connectivity index (χ4v) is 2.55. The van der Waals surface area contributed by atoms with Gasteiger partial charge in [-0.2, -0.15) is 0 Å². The monoisotopic (exact) mass is 286 g/mol. The lowest BCUT2D eigenvalue weighted by Crippen LogP contribution is -2.44. The maximum atomic E-state index is 12.4. The van der Waals surface area contributed by atoms with Gasteiger partial charge in [-0.15, -0.1) is 0 Å². The Morgan fingerprint density at radius 3 is 2.78 bits per heavy atom. The second-order valence-corrected chi connectivity index (χ2v) is 5.75. The molecule has 1 saturated heterocycles. The Bertz CT molecular complexity index is 464. The minimum absolute atomic E-state index is 0.0138. The molecule has 2 heterocycles. The molecule has 98 valence electrons. The minimum atomic E-state index is -0.0138. The molecule has 1 aliphatic heterocycles. The van der Waals surface area contributed by atoms with Crippen molar-refractivity contribution in [3.8, 4) is 0 Å². The van der Waals surface area contributed by atoms with Gasteiger partial charge in [-0.3, -0.25) is 4.79 Å². The Hall–Kier alpha value is -0.800. The van der Waals surface area contributed by atoms with E-state index in [0.717, 1.165) is 13.0 Å². The van der Waals surface area contributed by atoms with Gasteiger partial charge in [0.1, 0.15) is 5.15 Å². The van der Waals surface area contributed by atoms with E-state index in [2.05, 4.69) is 18.8 Å². The van der Waals surface area contributed by atoms with Crippen LogP contribution in [0.1, 0.15) is 37.0 Å². The third-order valence-electron chi connectivity index (χ3n) is 3.42. The number of likely N-dealkylation sites (tertiary alicyclic amines) is 1. The summed E-state index contributed by atoms with van der Waals surface area (Å²) in [7, 11) is 0. The second-order valence-electron chi connectivity index (χ2n) is 4.99. The summed E-state index contributed by atoms with van der Waals surface area (Å²) in [5.74, 6) is 0.529. The first-order valence-corrected chi connectivity index (χ1v) is 6.86. The number of pyridine rings is 1. The summed E-state index contributed by atoms with van der Waals surface area (Å²) in [5.41, 5.74) is 0.505. The molecular weight excluding hydrogens is 271 g/mol. The van der Waals surface area contributed by atoms with Crippen molar-refractivity contribution < 1.29 is 4.79 Å². The maximum absolute atomic E-state index is 12.4. The Balaban J connectivity index is 2.21. The quantitative estimate of drug-likeness (QED) is 0.739. The van der Waals surface area contributed by atoms with Gasteiger partial charge in [0, 0.05) is 18.8 Å². The summed E-state index contributed by atoms with van der Waals surface area (Å²) in [6, 6.07) is 1.86. The van der Waals surface area contributed by atoms with Gasteiger partial charge in [0.15, 0.2) is 0 Å². The first kappa shape index (κ1) is 13.6. The van der Waals surface area contributed by atoms with Crippen LogP contribution in [0.4, 0.5) is 0 Å². The predicted molar refractivity (Wildman–Crippen MR) is 73.2 cm³/mol. The van der Waals surface area contributed by atoms with Crippen LogP contribution >= 0.6 is 23.2 Å². The molecular formula is C13H16Cl2N2O. The first-order valence-electron chi connectivity index (χ1n) is 6.11. The van der Waals surface area contributed by atoms with Crippen molar-refractivity contribution in [2.45, 2.75) is 32.7 Å². The van der Waals surface area contributed by atoms with E-state index in [1.165, 1.54) is 12.6 Å². The Labute approximate surface area is 117 Å². The molecule has 2 unspecified atom stereocenters. The summed E-state index contributed by atoms with van der Waals surface area (Å²) >= 11 is 11.7. The molecule has 2 atom stereocenters. The smallest absolute Gasteiger partial charge is 0.255 e. The summed E-state index contributed by atoms with van der Waals surface area (Å²) in [6.07, 6.45) is 3.70. The SMILES string of the molecule is CC1CCC(C)N(C(=O)c2cnc(Cl)c(Cl)c2)C1. The van der Waals surface area contributed by atoms with Gasteiger partial charge in [-0.25, -0.2) is 4.98 Å². The number of nitrogens with zero attached hydrogens (tertiary/aromatic N) is 2. The van der Waals surface area contributed by atoms with E-state index in [9.17, 15) is 4.79 Å². The summed E-state index contributed by atoms with van der Waals surface area (Å²) in [6.45, 7) is 5.04. The highest BCUT2D eigenvalue weighted by Crippen LogP contribution is 2.25. The molecule has 0 N–H and O–H groups in total. The molecule has 0 saturated carbocycles. The van der Waals surface area contributed by atoms with Gasteiger partial charge in [0.25, 0.3) is 5.91 Å². The zero-order valence-corrected chi connectivity index (χ0v) is 12.0. The maximum Gasteiger partial charge on any atom is 0.255 e. The molecule has 0 spiro atoms. The van der Waals surface area contributed by atoms with Gasteiger partial charge in [0.05, 0.1) is 10.6 Å². The molecule has 18 heavy (non-hydrogen) atoms. The molecule has 5 heteroatoms. The zero-order valence-electron chi connectivity index (χ0n) is 10.5. The third kappa shape index (κ3) is 2.78. The number of amides is 1. The zero-order chi connectivity index (χ0) is 13.3. The number of hydrogen-bond donors (Lipinski definition) is 0. The lowest BCUT2D eigenvalue weighted by Gasteiger charge is -2.36. The highest BCUT2D eigenvalue weighted by Gasteiger charge is 2.28. The molecule has 1 amide bonds. The highest BCUT2D eigenvalue weighted by atomic mass is 35.5. The molecule has 0 aromatic carbocycles. The fourth-order valence-electron chi connectivity index (χ4n) is 2.28. The molecule has 1 fully saturated rings. The number of halogens is 2. The van der Waals surface area contributed by atoms with Crippen LogP contribution < -0.4 is 0 Å². The van der Waals surface area contributed by atoms with E-state index < -0.39 is 0 Å². The third-order valence-corrected chi connectivity index (χ3v) is 4.11. The van der Waals surface area contributed by atoms with E-state index >= 15 is 0 Å². The van der Waals surface area contributed by atoms with Crippen molar-refractivity contribution in [1.82, 2.24) is 9.88 Å². The van der Waals surface area contributed by atoms with Crippen molar-refractivity contribution >= 4 is 29.1 Å². The Morgan fingerprint density at radius 2 is 2.11 bits per heavy atom. The minimum Gasteiger partial charge on any atom is -0.336 e. The molecule has 1 aromatic heterocycles. The molecule has 2 rings (SSSR count). The predicted octanol–water partition coefficient (Wildman–Crippen LogP) is 3.65. The van der Waals surface area contributed by atoms with Crippen LogP contribution in [0.2, 0.25) is 10.2 Å². The normalized spacial score (nSPS) is 24.1. The van der Waals surface area contributed by atoms with Gasteiger partial charge >= 0.3 is 0 Å². The van der Waals surface area contributed by atoms with Crippen molar-refractivity contribution in [3.05, 3.63) is 28.0 Å². The fraction of sp³-hybridized carbons (Fsp3) is 0.538. The van der Waals surface area contributed by atoms with E-state index in [-0.39, 0.29) is 17.1 Å². The summed E-state index contributed by atoms with van der Waals surface area (Å²) < 4.78 is 0. The van der Waals surface area contributed by atoms with Crippen molar-refractivity contribution in [2.75, 3.05) is 6.54 Å². The average molecular weight is 287 g/mol. The van der Waals surface area contributed by atoms with Crippen LogP contribution in [0.25, 0.3) is 0 Å². The molecule has 3 nitrogen and oxygen atoms in total. The topological polar surface area (TPSA) is 33.2 Å². The number of hydrogen-bond acceptors (Lipinski definition) is 2. The number of carbonyl (C=O) groups excluding carboxylic acids is 1. The van der Waals surface area contributed by atoms with Crippen LogP contribution in [0.5, 0.6) is 0 Å². The van der Waals surface area contributed by atoms with Crippen LogP contribution in [0.3, 0.4) is 0 Å². The number of piperidine rings is 1. The Kier molecular flexibility index (Phi) is 4.13. The van der Waals surface area contributed by atoms with Gasteiger partial charge in [0.2, 0.25) is 0 Å². The molecule has 0 bridgehead atoms. The van der Waals surface area contributed by atoms with Crippen LogP contribution in [0.15, 0.2) is 12.3 Å². The van der Waals surface area contributed by atoms with Gasteiger partial charge in [-0.1, -0.05) is 30.1 Å². The van der Waals surface area contributed by atoms with Gasteiger partial charge < -0.3 is 4.90 Å². The summed E-state index contributed by atoms with van der Waals surface area (Å²) in [4.78, 5) is 18.2. The van der Waals surface area contributed by atoms with Crippen molar-refractivity contribution in [2.24, 2.45) is 5.92 Å². The molecule has 1 aromatic rings. The van der Waals surface area contributed by atoms with Crippen molar-refractivity contribution in [1.29, 1.82) is 0 Å². The van der Waals surface area contributed by atoms with Crippen LogP contribution in [0, 0.1) is 5.92 Å². The number of rotatable bonds is 1. The highest BCUT2D eigenvalue weighted by molar-refractivity contribution is 6.41. The Morgan fingerprint density at radius 1 is 1.39 bits per heavy atom. The lowest BCUT2D eigenvalue weighted by molar-refractivity contribution is 0.0573. The molecule has 0 radical (unpaired) electrons. The largest absolute Gasteiger partial charge is 0.336 e. The van der Waals surface area contributed by atoms with E-state index in [4.69, 9.17) is 23.2 Å². The molecule has 1 aliphatic rings. The van der Waals surface area contributed by atoms with Crippen molar-refractivity contribution in [3.63, 3.8) is 0 Å². The van der Waals surface area contributed by atoms with E-state index in [1.54, 1.807) is 6.07 Å². The number of carbonyl (C=O) groups is 1.